The van der Waals surface area contributed by atoms with Crippen LogP contribution in [-0.2, 0) is 24.8 Å². The molecule has 0 rings (SSSR count). The average molecular weight is 597 g/mol. The molecular formula is C29H60N2O6S2. The molecule has 0 saturated carbocycles. The van der Waals surface area contributed by atoms with Crippen LogP contribution in [-0.4, -0.2) is 52.0 Å². The lowest BCUT2D eigenvalue weighted by atomic mass is 10.1. The van der Waals surface area contributed by atoms with Gasteiger partial charge in [0.1, 0.15) is 6.04 Å². The molecule has 10 heteroatoms. The van der Waals surface area contributed by atoms with Crippen LogP contribution in [0, 0.1) is 0 Å². The van der Waals surface area contributed by atoms with E-state index in [1.54, 1.807) is 0 Å². The standard InChI is InChI=1S/C29H60N2O6S2/c1-3-5-7-9-11-13-15-17-19-21-23-25-38(34,35)30-27-28(29(32)33)31-39(36,37)26-24-22-20-18-16-14-12-10-8-6-4-2/h28,30-31H,3-27H2,1-2H3,(H,32,33). The van der Waals surface area contributed by atoms with E-state index in [2.05, 4.69) is 23.3 Å². The number of aliphatic carboxylic acids is 1. The van der Waals surface area contributed by atoms with Crippen LogP contribution < -0.4 is 9.44 Å². The number of nitrogens with one attached hydrogen (secondary N) is 2. The van der Waals surface area contributed by atoms with Crippen molar-refractivity contribution in [1.29, 1.82) is 0 Å². The van der Waals surface area contributed by atoms with Gasteiger partial charge in [0.05, 0.1) is 11.5 Å². The van der Waals surface area contributed by atoms with E-state index in [0.717, 1.165) is 44.9 Å². The molecule has 0 bridgehead atoms. The highest BCUT2D eigenvalue weighted by atomic mass is 32.2. The van der Waals surface area contributed by atoms with Crippen molar-refractivity contribution in [3.8, 4) is 0 Å². The van der Waals surface area contributed by atoms with Crippen LogP contribution >= 0.6 is 0 Å². The zero-order valence-corrected chi connectivity index (χ0v) is 26.7. The fourth-order valence-corrected chi connectivity index (χ4v) is 7.12. The van der Waals surface area contributed by atoms with Gasteiger partial charge in [-0.15, -0.1) is 0 Å². The first kappa shape index (κ1) is 38.3. The quantitative estimate of drug-likeness (QED) is 0.0774. The summed E-state index contributed by atoms with van der Waals surface area (Å²) in [4.78, 5) is 11.6. The van der Waals surface area contributed by atoms with Crippen molar-refractivity contribution in [3.63, 3.8) is 0 Å². The van der Waals surface area contributed by atoms with Crippen LogP contribution in [0.15, 0.2) is 0 Å². The lowest BCUT2D eigenvalue weighted by molar-refractivity contribution is -0.138. The maximum Gasteiger partial charge on any atom is 0.323 e. The molecule has 0 aliphatic carbocycles. The third kappa shape index (κ3) is 26.0. The molecule has 0 amide bonds. The predicted octanol–water partition coefficient (Wildman–Crippen LogP) is 6.90. The summed E-state index contributed by atoms with van der Waals surface area (Å²) in [6.45, 7) is 3.93. The lowest BCUT2D eigenvalue weighted by Gasteiger charge is -2.16. The van der Waals surface area contributed by atoms with Gasteiger partial charge in [0.2, 0.25) is 20.0 Å². The van der Waals surface area contributed by atoms with Crippen LogP contribution in [0.2, 0.25) is 0 Å². The maximum absolute atomic E-state index is 12.4. The molecule has 234 valence electrons. The van der Waals surface area contributed by atoms with Gasteiger partial charge in [0.15, 0.2) is 0 Å². The molecular weight excluding hydrogens is 536 g/mol. The molecule has 0 radical (unpaired) electrons. The fourth-order valence-electron chi connectivity index (χ4n) is 4.65. The van der Waals surface area contributed by atoms with Gasteiger partial charge in [0.25, 0.3) is 0 Å². The molecule has 8 nitrogen and oxygen atoms in total. The first-order valence-corrected chi connectivity index (χ1v) is 19.1. The van der Waals surface area contributed by atoms with Crippen LogP contribution in [0.1, 0.15) is 155 Å². The maximum atomic E-state index is 12.4. The van der Waals surface area contributed by atoms with Gasteiger partial charge in [-0.3, -0.25) is 4.79 Å². The van der Waals surface area contributed by atoms with E-state index in [1.807, 2.05) is 0 Å². The summed E-state index contributed by atoms with van der Waals surface area (Å²) in [6, 6.07) is -1.52. The molecule has 0 fully saturated rings. The van der Waals surface area contributed by atoms with E-state index in [-0.39, 0.29) is 11.5 Å². The highest BCUT2D eigenvalue weighted by Crippen LogP contribution is 2.13. The lowest BCUT2D eigenvalue weighted by Crippen LogP contribution is -2.49. The molecule has 39 heavy (non-hydrogen) atoms. The summed E-state index contributed by atoms with van der Waals surface area (Å²) < 4.78 is 53.7. The summed E-state index contributed by atoms with van der Waals surface area (Å²) >= 11 is 0. The molecule has 0 aromatic carbocycles. The molecule has 0 aliphatic rings. The van der Waals surface area contributed by atoms with Gasteiger partial charge in [-0.05, 0) is 12.8 Å². The number of hydrogen-bond donors (Lipinski definition) is 3. The Morgan fingerprint density at radius 1 is 0.538 bits per heavy atom. The van der Waals surface area contributed by atoms with Crippen molar-refractivity contribution in [2.45, 2.75) is 161 Å². The van der Waals surface area contributed by atoms with E-state index in [4.69, 9.17) is 0 Å². The van der Waals surface area contributed by atoms with Crippen molar-refractivity contribution in [2.75, 3.05) is 18.1 Å². The Balaban J connectivity index is 4.04. The van der Waals surface area contributed by atoms with E-state index >= 15 is 0 Å². The minimum atomic E-state index is -3.81. The molecule has 0 saturated heterocycles. The molecule has 3 N–H and O–H groups in total. The van der Waals surface area contributed by atoms with Gasteiger partial charge >= 0.3 is 5.97 Å². The van der Waals surface area contributed by atoms with Crippen LogP contribution in [0.4, 0.5) is 0 Å². The Kier molecular flexibility index (Phi) is 24.6. The second-order valence-electron chi connectivity index (χ2n) is 11.1. The highest BCUT2D eigenvalue weighted by Gasteiger charge is 2.25. The van der Waals surface area contributed by atoms with Crippen molar-refractivity contribution in [1.82, 2.24) is 9.44 Å². The van der Waals surface area contributed by atoms with Crippen molar-refractivity contribution in [3.05, 3.63) is 0 Å². The second-order valence-corrected chi connectivity index (χ2v) is 14.9. The number of unbranched alkanes of at least 4 members (excludes halogenated alkanes) is 20. The summed E-state index contributed by atoms with van der Waals surface area (Å²) in [5.41, 5.74) is 0. The number of carbonyl (C=O) groups is 1. The smallest absolute Gasteiger partial charge is 0.323 e. The van der Waals surface area contributed by atoms with Crippen LogP contribution in [0.25, 0.3) is 0 Å². The third-order valence-corrected chi connectivity index (χ3v) is 10.1. The van der Waals surface area contributed by atoms with Gasteiger partial charge in [-0.2, -0.15) is 4.72 Å². The van der Waals surface area contributed by atoms with Gasteiger partial charge < -0.3 is 5.11 Å². The van der Waals surface area contributed by atoms with Crippen molar-refractivity contribution < 1.29 is 26.7 Å². The Morgan fingerprint density at radius 2 is 0.846 bits per heavy atom. The largest absolute Gasteiger partial charge is 0.480 e. The monoisotopic (exact) mass is 596 g/mol. The van der Waals surface area contributed by atoms with E-state index < -0.39 is 38.6 Å². The molecule has 0 aliphatic heterocycles. The van der Waals surface area contributed by atoms with Gasteiger partial charge in [-0.25, -0.2) is 21.6 Å². The zero-order valence-electron chi connectivity index (χ0n) is 25.1. The SMILES string of the molecule is CCCCCCCCCCCCCS(=O)(=O)NCC(NS(=O)(=O)CCCCCCCCCCCCC)C(=O)O. The van der Waals surface area contributed by atoms with E-state index in [9.17, 15) is 26.7 Å². The van der Waals surface area contributed by atoms with Crippen molar-refractivity contribution in [2.24, 2.45) is 0 Å². The predicted molar refractivity (Wildman–Crippen MR) is 163 cm³/mol. The molecule has 1 atom stereocenters. The first-order chi connectivity index (χ1) is 18.6. The summed E-state index contributed by atoms with van der Waals surface area (Å²) in [6.07, 6.45) is 24.3. The topological polar surface area (TPSA) is 130 Å². The van der Waals surface area contributed by atoms with Crippen LogP contribution in [0.5, 0.6) is 0 Å². The zero-order chi connectivity index (χ0) is 29.2. The fraction of sp³-hybridized carbons (Fsp3) is 0.966. The molecule has 1 unspecified atom stereocenters. The van der Waals surface area contributed by atoms with Gasteiger partial charge in [-0.1, -0.05) is 142 Å². The second kappa shape index (κ2) is 25.0. The van der Waals surface area contributed by atoms with Crippen LogP contribution in [0.3, 0.4) is 0 Å². The normalized spacial score (nSPS) is 13.1. The Morgan fingerprint density at radius 3 is 1.18 bits per heavy atom. The van der Waals surface area contributed by atoms with Crippen molar-refractivity contribution >= 4 is 26.0 Å². The Hall–Kier alpha value is -0.710. The van der Waals surface area contributed by atoms with Gasteiger partial charge in [0, 0.05) is 6.54 Å². The number of carboxylic acid groups (broad SMARTS) is 1. The average Bonchev–Trinajstić information content (AvgIpc) is 2.88. The Labute approximate surface area is 241 Å². The summed E-state index contributed by atoms with van der Waals surface area (Å²) in [7, 11) is -7.47. The Bertz CT molecular complexity index is 788. The summed E-state index contributed by atoms with van der Waals surface area (Å²) in [5.74, 6) is -1.63. The summed E-state index contributed by atoms with van der Waals surface area (Å²) in [5, 5.41) is 9.41. The molecule has 0 aromatic heterocycles. The highest BCUT2D eigenvalue weighted by molar-refractivity contribution is 7.89. The minimum Gasteiger partial charge on any atom is -0.480 e. The number of rotatable bonds is 30. The minimum absolute atomic E-state index is 0.0815. The first-order valence-electron chi connectivity index (χ1n) is 15.8. The molecule has 0 heterocycles. The molecule has 0 aromatic rings. The molecule has 0 spiro atoms. The van der Waals surface area contributed by atoms with E-state index in [1.165, 1.54) is 83.5 Å². The number of carboxylic acids is 1. The van der Waals surface area contributed by atoms with E-state index in [0.29, 0.717) is 12.8 Å². The third-order valence-electron chi connectivity index (χ3n) is 7.16. The number of sulfonamides is 2. The number of hydrogen-bond acceptors (Lipinski definition) is 5.